The first-order valence-electron chi connectivity index (χ1n) is 6.26. The Bertz CT molecular complexity index is 186. The van der Waals surface area contributed by atoms with Crippen LogP contribution in [0.5, 0.6) is 0 Å². The Morgan fingerprint density at radius 3 is 2.71 bits per heavy atom. The molecule has 1 aliphatic rings. The van der Waals surface area contributed by atoms with Gasteiger partial charge in [0.2, 0.25) is 0 Å². The molecule has 0 atom stereocenters. The molecule has 1 aliphatic carbocycles. The summed E-state index contributed by atoms with van der Waals surface area (Å²) in [7, 11) is 0. The molecule has 0 N–H and O–H groups in total. The molecule has 14 heavy (non-hydrogen) atoms. The van der Waals surface area contributed by atoms with Gasteiger partial charge in [0.1, 0.15) is 0 Å². The van der Waals surface area contributed by atoms with Crippen LogP contribution in [0.2, 0.25) is 0 Å². The molecule has 0 saturated carbocycles. The molecule has 0 aliphatic heterocycles. The molecule has 0 bridgehead atoms. The minimum atomic E-state index is 1.25. The topological polar surface area (TPSA) is 0 Å². The lowest BCUT2D eigenvalue weighted by molar-refractivity contribution is 0.652. The molecule has 0 aromatic rings. The highest BCUT2D eigenvalue weighted by Crippen LogP contribution is 2.18. The van der Waals surface area contributed by atoms with Gasteiger partial charge < -0.3 is 0 Å². The van der Waals surface area contributed by atoms with E-state index in [2.05, 4.69) is 25.2 Å². The molecular formula is C14H24. The molecule has 0 nitrogen and oxygen atoms in total. The number of hydrogen-bond donors (Lipinski definition) is 0. The molecule has 0 fully saturated rings. The van der Waals surface area contributed by atoms with Gasteiger partial charge in [-0.2, -0.15) is 0 Å². The highest BCUT2D eigenvalue weighted by Gasteiger charge is 1.98. The van der Waals surface area contributed by atoms with Crippen LogP contribution in [0.1, 0.15) is 64.7 Å². The lowest BCUT2D eigenvalue weighted by atomic mass is 9.99. The van der Waals surface area contributed by atoms with Crippen LogP contribution in [-0.2, 0) is 0 Å². The van der Waals surface area contributed by atoms with Gasteiger partial charge in [-0.15, -0.1) is 0 Å². The third kappa shape index (κ3) is 5.26. The van der Waals surface area contributed by atoms with Crippen LogP contribution in [-0.4, -0.2) is 0 Å². The largest absolute Gasteiger partial charge is 0.0882 e. The third-order valence-electron chi connectivity index (χ3n) is 2.92. The molecule has 0 aromatic heterocycles. The summed E-state index contributed by atoms with van der Waals surface area (Å²) in [4.78, 5) is 0. The quantitative estimate of drug-likeness (QED) is 0.424. The zero-order valence-corrected chi connectivity index (χ0v) is 9.60. The standard InChI is InChI=1S/C14H24/c1-2-3-4-8-11-14-12-9-6-5-7-10-13-14/h5-6,13H,2-4,7-12H2,1H3/b6-5-,14-13-. The minimum absolute atomic E-state index is 1.25. The molecule has 0 spiro atoms. The van der Waals surface area contributed by atoms with Crippen molar-refractivity contribution in [3.63, 3.8) is 0 Å². The van der Waals surface area contributed by atoms with E-state index in [1.54, 1.807) is 5.57 Å². The van der Waals surface area contributed by atoms with Gasteiger partial charge in [-0.3, -0.25) is 0 Å². The molecular weight excluding hydrogens is 168 g/mol. The number of hydrogen-bond acceptors (Lipinski definition) is 0. The van der Waals surface area contributed by atoms with Crippen molar-refractivity contribution in [1.29, 1.82) is 0 Å². The second-order valence-electron chi connectivity index (χ2n) is 4.26. The second kappa shape index (κ2) is 7.84. The van der Waals surface area contributed by atoms with Gasteiger partial charge in [-0.25, -0.2) is 0 Å². The Kier molecular flexibility index (Phi) is 6.47. The van der Waals surface area contributed by atoms with Crippen molar-refractivity contribution >= 4 is 0 Å². The van der Waals surface area contributed by atoms with Crippen LogP contribution in [0.4, 0.5) is 0 Å². The van der Waals surface area contributed by atoms with Crippen molar-refractivity contribution < 1.29 is 0 Å². The monoisotopic (exact) mass is 192 g/mol. The zero-order chi connectivity index (χ0) is 10.1. The molecule has 80 valence electrons. The Labute approximate surface area is 89.1 Å². The van der Waals surface area contributed by atoms with Gasteiger partial charge in [-0.05, 0) is 38.5 Å². The van der Waals surface area contributed by atoms with E-state index in [9.17, 15) is 0 Å². The maximum absolute atomic E-state index is 2.48. The Hall–Kier alpha value is -0.520. The number of rotatable bonds is 5. The zero-order valence-electron chi connectivity index (χ0n) is 9.60. The van der Waals surface area contributed by atoms with Crippen molar-refractivity contribution in [1.82, 2.24) is 0 Å². The third-order valence-corrected chi connectivity index (χ3v) is 2.92. The summed E-state index contributed by atoms with van der Waals surface area (Å²) in [5.74, 6) is 0. The summed E-state index contributed by atoms with van der Waals surface area (Å²) in [5.41, 5.74) is 1.71. The fourth-order valence-corrected chi connectivity index (χ4v) is 2.00. The van der Waals surface area contributed by atoms with Crippen LogP contribution < -0.4 is 0 Å². The summed E-state index contributed by atoms with van der Waals surface area (Å²) < 4.78 is 0. The molecule has 0 heterocycles. The van der Waals surface area contributed by atoms with Crippen molar-refractivity contribution in [2.45, 2.75) is 64.7 Å². The van der Waals surface area contributed by atoms with E-state index in [0.717, 1.165) is 0 Å². The SMILES string of the molecule is CCCCCC/C1=C/CC/C=C\CC1. The minimum Gasteiger partial charge on any atom is -0.0882 e. The normalized spacial score (nSPS) is 23.4. The van der Waals surface area contributed by atoms with Gasteiger partial charge in [0, 0.05) is 0 Å². The number of unbranched alkanes of at least 4 members (excludes halogenated alkanes) is 3. The molecule has 0 saturated heterocycles. The smallest absolute Gasteiger partial charge is 0.0286 e. The first-order chi connectivity index (χ1) is 6.93. The van der Waals surface area contributed by atoms with Crippen molar-refractivity contribution in [3.8, 4) is 0 Å². The van der Waals surface area contributed by atoms with E-state index in [1.807, 2.05) is 0 Å². The average molecular weight is 192 g/mol. The summed E-state index contributed by atoms with van der Waals surface area (Å²) in [6, 6.07) is 0. The Balaban J connectivity index is 2.15. The van der Waals surface area contributed by atoms with Gasteiger partial charge >= 0.3 is 0 Å². The predicted octanol–water partition coefficient (Wildman–Crippen LogP) is 5.01. The van der Waals surface area contributed by atoms with Gasteiger partial charge in [0.25, 0.3) is 0 Å². The van der Waals surface area contributed by atoms with E-state index in [-0.39, 0.29) is 0 Å². The van der Waals surface area contributed by atoms with Crippen LogP contribution in [0, 0.1) is 0 Å². The predicted molar refractivity (Wildman–Crippen MR) is 64.5 cm³/mol. The number of allylic oxidation sites excluding steroid dienone is 4. The van der Waals surface area contributed by atoms with Gasteiger partial charge in [-0.1, -0.05) is 50.0 Å². The second-order valence-corrected chi connectivity index (χ2v) is 4.26. The maximum atomic E-state index is 2.48. The average Bonchev–Trinajstić information content (AvgIpc) is 2.15. The van der Waals surface area contributed by atoms with Crippen LogP contribution in [0.15, 0.2) is 23.8 Å². The first-order valence-corrected chi connectivity index (χ1v) is 6.26. The van der Waals surface area contributed by atoms with E-state index < -0.39 is 0 Å². The Morgan fingerprint density at radius 1 is 1.00 bits per heavy atom. The molecule has 0 unspecified atom stereocenters. The molecule has 0 aromatic carbocycles. The van der Waals surface area contributed by atoms with E-state index >= 15 is 0 Å². The van der Waals surface area contributed by atoms with Crippen LogP contribution in [0.3, 0.4) is 0 Å². The van der Waals surface area contributed by atoms with E-state index in [4.69, 9.17) is 0 Å². The van der Waals surface area contributed by atoms with E-state index in [1.165, 1.54) is 57.8 Å². The highest BCUT2D eigenvalue weighted by atomic mass is 14.0. The molecule has 0 amide bonds. The van der Waals surface area contributed by atoms with E-state index in [0.29, 0.717) is 0 Å². The summed E-state index contributed by atoms with van der Waals surface area (Å²) in [5, 5.41) is 0. The fourth-order valence-electron chi connectivity index (χ4n) is 2.00. The lowest BCUT2D eigenvalue weighted by Gasteiger charge is -2.08. The summed E-state index contributed by atoms with van der Waals surface area (Å²) >= 11 is 0. The fraction of sp³-hybridized carbons (Fsp3) is 0.714. The maximum Gasteiger partial charge on any atom is -0.0286 e. The van der Waals surface area contributed by atoms with Crippen LogP contribution >= 0.6 is 0 Å². The first kappa shape index (κ1) is 11.6. The van der Waals surface area contributed by atoms with Gasteiger partial charge in [0.15, 0.2) is 0 Å². The van der Waals surface area contributed by atoms with Crippen molar-refractivity contribution in [2.24, 2.45) is 0 Å². The molecule has 0 heteroatoms. The Morgan fingerprint density at radius 2 is 1.86 bits per heavy atom. The summed E-state index contributed by atoms with van der Waals surface area (Å²) in [6.07, 6.45) is 19.2. The molecule has 1 rings (SSSR count). The van der Waals surface area contributed by atoms with Crippen LogP contribution in [0.25, 0.3) is 0 Å². The lowest BCUT2D eigenvalue weighted by Crippen LogP contribution is -1.88. The highest BCUT2D eigenvalue weighted by molar-refractivity contribution is 5.06. The van der Waals surface area contributed by atoms with Gasteiger partial charge in [0.05, 0.1) is 0 Å². The van der Waals surface area contributed by atoms with Crippen molar-refractivity contribution in [2.75, 3.05) is 0 Å². The molecule has 0 radical (unpaired) electrons. The van der Waals surface area contributed by atoms with Crippen molar-refractivity contribution in [3.05, 3.63) is 23.8 Å². The summed E-state index contributed by atoms with van der Waals surface area (Å²) in [6.45, 7) is 2.28.